The Labute approximate surface area is 112 Å². The van der Waals surface area contributed by atoms with Gasteiger partial charge in [0.25, 0.3) is 0 Å². The van der Waals surface area contributed by atoms with Crippen LogP contribution in [0.2, 0.25) is 0 Å². The number of rotatable bonds is 1. The molecule has 3 nitrogen and oxygen atoms in total. The van der Waals surface area contributed by atoms with Gasteiger partial charge in [-0.3, -0.25) is 0 Å². The van der Waals surface area contributed by atoms with Gasteiger partial charge in [-0.1, -0.05) is 24.3 Å². The number of hydrogen-bond acceptors (Lipinski definition) is 3. The maximum Gasteiger partial charge on any atom is 0.142 e. The molecule has 1 aliphatic rings. The van der Waals surface area contributed by atoms with E-state index in [1.54, 1.807) is 0 Å². The van der Waals surface area contributed by atoms with E-state index in [0.29, 0.717) is 12.2 Å². The van der Waals surface area contributed by atoms with Gasteiger partial charge in [0, 0.05) is 6.54 Å². The molecule has 19 heavy (non-hydrogen) atoms. The largest absolute Gasteiger partial charge is 0.491 e. The van der Waals surface area contributed by atoms with Gasteiger partial charge in [-0.05, 0) is 30.7 Å². The van der Waals surface area contributed by atoms with Crippen molar-refractivity contribution in [2.75, 3.05) is 18.1 Å². The molecule has 3 heteroatoms. The third-order valence-corrected chi connectivity index (χ3v) is 3.25. The first-order valence-electron chi connectivity index (χ1n) is 6.38. The highest BCUT2D eigenvalue weighted by molar-refractivity contribution is 5.73. The average Bonchev–Trinajstić information content (AvgIpc) is 2.69. The summed E-state index contributed by atoms with van der Waals surface area (Å²) in [6.07, 6.45) is 0.939. The Hall–Kier alpha value is -2.47. The molecule has 1 heterocycles. The van der Waals surface area contributed by atoms with Crippen LogP contribution in [-0.4, -0.2) is 13.2 Å². The van der Waals surface area contributed by atoms with Crippen LogP contribution in [0.5, 0.6) is 5.75 Å². The zero-order valence-electron chi connectivity index (χ0n) is 10.5. The fourth-order valence-electron chi connectivity index (χ4n) is 2.38. The highest BCUT2D eigenvalue weighted by Gasteiger charge is 2.19. The summed E-state index contributed by atoms with van der Waals surface area (Å²) in [5, 5.41) is 9.26. The Morgan fingerprint density at radius 2 is 1.74 bits per heavy atom. The van der Waals surface area contributed by atoms with Gasteiger partial charge in [-0.25, -0.2) is 0 Å². The normalized spacial score (nSPS) is 13.9. The molecule has 0 radical (unpaired) electrons. The first-order chi connectivity index (χ1) is 9.40. The van der Waals surface area contributed by atoms with Crippen LogP contribution in [0.15, 0.2) is 48.5 Å². The van der Waals surface area contributed by atoms with Crippen molar-refractivity contribution in [3.05, 3.63) is 54.1 Å². The summed E-state index contributed by atoms with van der Waals surface area (Å²) in [5.41, 5.74) is 2.67. The van der Waals surface area contributed by atoms with Gasteiger partial charge in [0.2, 0.25) is 0 Å². The minimum absolute atomic E-state index is 0.694. The van der Waals surface area contributed by atoms with E-state index in [4.69, 9.17) is 4.74 Å². The molecule has 0 saturated carbocycles. The lowest BCUT2D eigenvalue weighted by atomic mass is 10.1. The fourth-order valence-corrected chi connectivity index (χ4v) is 2.38. The number of hydrogen-bond donors (Lipinski definition) is 0. The van der Waals surface area contributed by atoms with Gasteiger partial charge in [0.1, 0.15) is 11.8 Å². The van der Waals surface area contributed by atoms with E-state index in [-0.39, 0.29) is 0 Å². The Morgan fingerprint density at radius 1 is 1.00 bits per heavy atom. The number of para-hydroxylation sites is 3. The van der Waals surface area contributed by atoms with Crippen LogP contribution in [0.3, 0.4) is 0 Å². The number of anilines is 2. The molecule has 2 aromatic rings. The van der Waals surface area contributed by atoms with Crippen LogP contribution in [0, 0.1) is 11.3 Å². The second-order valence-corrected chi connectivity index (χ2v) is 4.45. The van der Waals surface area contributed by atoms with E-state index in [9.17, 15) is 5.26 Å². The van der Waals surface area contributed by atoms with Crippen LogP contribution in [0.4, 0.5) is 11.4 Å². The average molecular weight is 250 g/mol. The molecule has 0 N–H and O–H groups in total. The number of ether oxygens (including phenoxy) is 1. The standard InChI is InChI=1S/C16H14N2O/c17-12-13-6-1-2-7-14(13)18-10-5-11-19-16-9-4-3-8-15(16)18/h1-4,6-9H,5,10-11H2. The molecular formula is C16H14N2O. The van der Waals surface area contributed by atoms with Crippen LogP contribution in [0.1, 0.15) is 12.0 Å². The summed E-state index contributed by atoms with van der Waals surface area (Å²) < 4.78 is 5.75. The first kappa shape index (κ1) is 11.6. The van der Waals surface area contributed by atoms with Gasteiger partial charge in [-0.15, -0.1) is 0 Å². The van der Waals surface area contributed by atoms with Gasteiger partial charge in [0.05, 0.1) is 23.5 Å². The Kier molecular flexibility index (Phi) is 3.07. The number of nitrogens with zero attached hydrogens (tertiary/aromatic N) is 2. The molecule has 0 saturated heterocycles. The third kappa shape index (κ3) is 2.13. The first-order valence-corrected chi connectivity index (χ1v) is 6.38. The van der Waals surface area contributed by atoms with Gasteiger partial charge >= 0.3 is 0 Å². The molecule has 0 aromatic heterocycles. The SMILES string of the molecule is N#Cc1ccccc1N1CCCOc2ccccc21. The lowest BCUT2D eigenvalue weighted by Gasteiger charge is -2.24. The van der Waals surface area contributed by atoms with E-state index in [0.717, 1.165) is 30.1 Å². The summed E-state index contributed by atoms with van der Waals surface area (Å²) in [6.45, 7) is 1.57. The van der Waals surface area contributed by atoms with Crippen LogP contribution < -0.4 is 9.64 Å². The molecule has 0 bridgehead atoms. The molecule has 0 atom stereocenters. The topological polar surface area (TPSA) is 36.3 Å². The molecule has 3 rings (SSSR count). The summed E-state index contributed by atoms with van der Waals surface area (Å²) in [6, 6.07) is 17.9. The molecule has 0 aliphatic carbocycles. The Bertz CT molecular complexity index is 631. The van der Waals surface area contributed by atoms with Gasteiger partial charge < -0.3 is 9.64 Å². The van der Waals surface area contributed by atoms with Crippen molar-refractivity contribution in [2.45, 2.75) is 6.42 Å². The third-order valence-electron chi connectivity index (χ3n) is 3.25. The number of nitriles is 1. The molecule has 0 spiro atoms. The van der Waals surface area contributed by atoms with Crippen molar-refractivity contribution in [1.29, 1.82) is 5.26 Å². The van der Waals surface area contributed by atoms with Crippen molar-refractivity contribution in [3.63, 3.8) is 0 Å². The molecular weight excluding hydrogens is 236 g/mol. The van der Waals surface area contributed by atoms with Gasteiger partial charge in [-0.2, -0.15) is 5.26 Å². The van der Waals surface area contributed by atoms with Crippen molar-refractivity contribution in [3.8, 4) is 11.8 Å². The second-order valence-electron chi connectivity index (χ2n) is 4.45. The highest BCUT2D eigenvalue weighted by atomic mass is 16.5. The molecule has 0 fully saturated rings. The van der Waals surface area contributed by atoms with Gasteiger partial charge in [0.15, 0.2) is 0 Å². The zero-order valence-corrected chi connectivity index (χ0v) is 10.5. The Balaban J connectivity index is 2.12. The predicted octanol–water partition coefficient (Wildman–Crippen LogP) is 3.48. The second kappa shape index (κ2) is 5.03. The minimum Gasteiger partial charge on any atom is -0.491 e. The summed E-state index contributed by atoms with van der Waals surface area (Å²) in [4.78, 5) is 2.17. The van der Waals surface area contributed by atoms with E-state index in [1.807, 2.05) is 48.5 Å². The van der Waals surface area contributed by atoms with E-state index in [1.165, 1.54) is 0 Å². The summed E-state index contributed by atoms with van der Waals surface area (Å²) in [5.74, 6) is 0.882. The quantitative estimate of drug-likeness (QED) is 0.777. The smallest absolute Gasteiger partial charge is 0.142 e. The maximum absolute atomic E-state index is 9.26. The Morgan fingerprint density at radius 3 is 2.58 bits per heavy atom. The van der Waals surface area contributed by atoms with Crippen LogP contribution >= 0.6 is 0 Å². The molecule has 0 amide bonds. The fraction of sp³-hybridized carbons (Fsp3) is 0.188. The highest BCUT2D eigenvalue weighted by Crippen LogP contribution is 2.36. The van der Waals surface area contributed by atoms with Crippen LogP contribution in [-0.2, 0) is 0 Å². The minimum atomic E-state index is 0.694. The predicted molar refractivity (Wildman–Crippen MR) is 74.7 cm³/mol. The summed E-state index contributed by atoms with van der Waals surface area (Å²) in [7, 11) is 0. The monoisotopic (exact) mass is 250 g/mol. The number of benzene rings is 2. The van der Waals surface area contributed by atoms with Crippen LogP contribution in [0.25, 0.3) is 0 Å². The van der Waals surface area contributed by atoms with E-state index < -0.39 is 0 Å². The number of fused-ring (bicyclic) bond motifs is 1. The van der Waals surface area contributed by atoms with Crippen molar-refractivity contribution in [1.82, 2.24) is 0 Å². The van der Waals surface area contributed by atoms with E-state index >= 15 is 0 Å². The lowest BCUT2D eigenvalue weighted by molar-refractivity contribution is 0.322. The summed E-state index contributed by atoms with van der Waals surface area (Å²) >= 11 is 0. The molecule has 1 aliphatic heterocycles. The van der Waals surface area contributed by atoms with Crippen molar-refractivity contribution < 1.29 is 4.74 Å². The zero-order chi connectivity index (χ0) is 13.1. The molecule has 2 aromatic carbocycles. The molecule has 94 valence electrons. The lowest BCUT2D eigenvalue weighted by Crippen LogP contribution is -2.18. The van der Waals surface area contributed by atoms with Crippen molar-refractivity contribution in [2.24, 2.45) is 0 Å². The van der Waals surface area contributed by atoms with Crippen molar-refractivity contribution >= 4 is 11.4 Å². The molecule has 0 unspecified atom stereocenters. The van der Waals surface area contributed by atoms with E-state index in [2.05, 4.69) is 11.0 Å². The maximum atomic E-state index is 9.26.